The van der Waals surface area contributed by atoms with Crippen molar-refractivity contribution in [3.63, 3.8) is 0 Å². The predicted octanol–water partition coefficient (Wildman–Crippen LogP) is 2.75. The first-order valence-corrected chi connectivity index (χ1v) is 5.72. The molecule has 1 rings (SSSR count). The number of ether oxygens (including phenoxy) is 1. The molecule has 0 aromatic heterocycles. The number of rotatable bonds is 5. The highest BCUT2D eigenvalue weighted by Crippen LogP contribution is 2.17. The van der Waals surface area contributed by atoms with Gasteiger partial charge >= 0.3 is 0 Å². The van der Waals surface area contributed by atoms with Crippen LogP contribution in [-0.4, -0.2) is 19.1 Å². The highest BCUT2D eigenvalue weighted by molar-refractivity contribution is 5.94. The molecular formula is C13H18FNO2. The van der Waals surface area contributed by atoms with Gasteiger partial charge in [0.15, 0.2) is 11.6 Å². The van der Waals surface area contributed by atoms with Gasteiger partial charge in [-0.3, -0.25) is 4.79 Å². The summed E-state index contributed by atoms with van der Waals surface area (Å²) in [7, 11) is 1.39. The van der Waals surface area contributed by atoms with E-state index in [-0.39, 0.29) is 17.7 Å². The maximum Gasteiger partial charge on any atom is 0.251 e. The molecule has 94 valence electrons. The maximum atomic E-state index is 13.4. The van der Waals surface area contributed by atoms with Crippen LogP contribution in [0.15, 0.2) is 18.2 Å². The van der Waals surface area contributed by atoms with Crippen LogP contribution in [0.2, 0.25) is 0 Å². The molecule has 0 bridgehead atoms. The van der Waals surface area contributed by atoms with Crippen LogP contribution in [0.4, 0.5) is 4.39 Å². The molecule has 1 aromatic carbocycles. The molecule has 1 aromatic rings. The van der Waals surface area contributed by atoms with Crippen LogP contribution >= 0.6 is 0 Å². The summed E-state index contributed by atoms with van der Waals surface area (Å²) in [5, 5.41) is 2.82. The highest BCUT2D eigenvalue weighted by Gasteiger charge is 2.11. The Balaban J connectivity index is 2.72. The molecule has 0 unspecified atom stereocenters. The molecule has 0 aliphatic rings. The Hall–Kier alpha value is -1.58. The van der Waals surface area contributed by atoms with Crippen molar-refractivity contribution in [3.8, 4) is 5.75 Å². The molecule has 0 aliphatic heterocycles. The molecule has 0 saturated heterocycles. The Kier molecular flexibility index (Phi) is 4.94. The smallest absolute Gasteiger partial charge is 0.251 e. The number of carbonyl (C=O) groups excluding carboxylic acids is 1. The number of benzene rings is 1. The first-order valence-electron chi connectivity index (χ1n) is 5.72. The fraction of sp³-hybridized carbons (Fsp3) is 0.462. The summed E-state index contributed by atoms with van der Waals surface area (Å²) in [5.41, 5.74) is 0.311. The van der Waals surface area contributed by atoms with Crippen LogP contribution < -0.4 is 10.1 Å². The highest BCUT2D eigenvalue weighted by atomic mass is 19.1. The van der Waals surface area contributed by atoms with Crippen molar-refractivity contribution in [1.29, 1.82) is 0 Å². The summed E-state index contributed by atoms with van der Waals surface area (Å²) < 4.78 is 18.2. The van der Waals surface area contributed by atoms with Crippen LogP contribution in [0.1, 0.15) is 37.0 Å². The van der Waals surface area contributed by atoms with E-state index in [0.29, 0.717) is 5.56 Å². The normalized spacial score (nSPS) is 12.0. The lowest BCUT2D eigenvalue weighted by atomic mass is 10.1. The Bertz CT molecular complexity index is 393. The lowest BCUT2D eigenvalue weighted by molar-refractivity contribution is 0.0938. The van der Waals surface area contributed by atoms with E-state index in [4.69, 9.17) is 4.74 Å². The molecule has 4 heteroatoms. The molecule has 1 atom stereocenters. The maximum absolute atomic E-state index is 13.4. The summed E-state index contributed by atoms with van der Waals surface area (Å²) in [6.07, 6.45) is 1.91. The molecule has 0 aliphatic carbocycles. The lowest BCUT2D eigenvalue weighted by Gasteiger charge is -2.13. The zero-order valence-corrected chi connectivity index (χ0v) is 10.4. The summed E-state index contributed by atoms with van der Waals surface area (Å²) in [5.74, 6) is -0.640. The van der Waals surface area contributed by atoms with E-state index in [9.17, 15) is 9.18 Å². The summed E-state index contributed by atoms with van der Waals surface area (Å²) in [4.78, 5) is 11.8. The molecule has 3 nitrogen and oxygen atoms in total. The predicted molar refractivity (Wildman–Crippen MR) is 64.8 cm³/mol. The number of amides is 1. The molecule has 17 heavy (non-hydrogen) atoms. The van der Waals surface area contributed by atoms with Crippen LogP contribution in [-0.2, 0) is 0 Å². The zero-order valence-electron chi connectivity index (χ0n) is 10.4. The number of nitrogens with one attached hydrogen (secondary N) is 1. The molecule has 1 amide bonds. The second-order valence-corrected chi connectivity index (χ2v) is 4.01. The monoisotopic (exact) mass is 239 g/mol. The minimum Gasteiger partial charge on any atom is -0.494 e. The Morgan fingerprint density at radius 3 is 2.76 bits per heavy atom. The van der Waals surface area contributed by atoms with Crippen molar-refractivity contribution in [2.45, 2.75) is 32.7 Å². The first-order chi connectivity index (χ1) is 8.08. The summed E-state index contributed by atoms with van der Waals surface area (Å²) in [6.45, 7) is 3.98. The van der Waals surface area contributed by atoms with E-state index in [1.54, 1.807) is 6.07 Å². The molecule has 1 N–H and O–H groups in total. The van der Waals surface area contributed by atoms with Gasteiger partial charge in [0.2, 0.25) is 0 Å². The lowest BCUT2D eigenvalue weighted by Crippen LogP contribution is -2.32. The van der Waals surface area contributed by atoms with Crippen LogP contribution in [0.3, 0.4) is 0 Å². The minimum absolute atomic E-state index is 0.0951. The van der Waals surface area contributed by atoms with Crippen molar-refractivity contribution >= 4 is 5.91 Å². The third-order valence-electron chi connectivity index (χ3n) is 2.51. The Labute approximate surface area is 101 Å². The second-order valence-electron chi connectivity index (χ2n) is 4.01. The summed E-state index contributed by atoms with van der Waals surface area (Å²) >= 11 is 0. The zero-order chi connectivity index (χ0) is 12.8. The van der Waals surface area contributed by atoms with Crippen molar-refractivity contribution in [2.75, 3.05) is 7.11 Å². The third kappa shape index (κ3) is 3.73. The van der Waals surface area contributed by atoms with E-state index in [1.807, 2.05) is 6.92 Å². The van der Waals surface area contributed by atoms with Gasteiger partial charge in [-0.25, -0.2) is 4.39 Å². The fourth-order valence-electron chi connectivity index (χ4n) is 1.62. The molecule has 0 fully saturated rings. The van der Waals surface area contributed by atoms with E-state index in [2.05, 4.69) is 12.2 Å². The van der Waals surface area contributed by atoms with Gasteiger partial charge in [0, 0.05) is 11.6 Å². The Morgan fingerprint density at radius 2 is 2.24 bits per heavy atom. The number of hydrogen-bond donors (Lipinski definition) is 1. The van der Waals surface area contributed by atoms with Crippen molar-refractivity contribution in [2.24, 2.45) is 0 Å². The van der Waals surface area contributed by atoms with Crippen molar-refractivity contribution in [1.82, 2.24) is 5.32 Å². The molecule has 0 heterocycles. The number of carbonyl (C=O) groups is 1. The fourth-order valence-corrected chi connectivity index (χ4v) is 1.62. The average Bonchev–Trinajstić information content (AvgIpc) is 2.29. The van der Waals surface area contributed by atoms with Gasteiger partial charge in [-0.05, 0) is 31.5 Å². The van der Waals surface area contributed by atoms with Gasteiger partial charge < -0.3 is 10.1 Å². The molecule has 0 spiro atoms. The van der Waals surface area contributed by atoms with Gasteiger partial charge in [0.1, 0.15) is 0 Å². The largest absolute Gasteiger partial charge is 0.494 e. The van der Waals surface area contributed by atoms with Crippen molar-refractivity contribution in [3.05, 3.63) is 29.6 Å². The van der Waals surface area contributed by atoms with E-state index < -0.39 is 5.82 Å². The standard InChI is InChI=1S/C13H18FNO2/c1-4-5-9(2)15-13(16)10-6-7-12(17-3)11(14)8-10/h6-9H,4-5H2,1-3H3,(H,15,16)/t9-/m0/s1. The number of halogens is 1. The van der Waals surface area contributed by atoms with Crippen molar-refractivity contribution < 1.29 is 13.9 Å². The van der Waals surface area contributed by atoms with Crippen LogP contribution in [0.5, 0.6) is 5.75 Å². The molecule has 0 radical (unpaired) electrons. The van der Waals surface area contributed by atoms with Gasteiger partial charge in [0.05, 0.1) is 7.11 Å². The van der Waals surface area contributed by atoms with Crippen LogP contribution in [0.25, 0.3) is 0 Å². The SMILES string of the molecule is CCC[C@H](C)NC(=O)c1ccc(OC)c(F)c1. The minimum atomic E-state index is -0.525. The molecule has 0 saturated carbocycles. The van der Waals surface area contributed by atoms with Gasteiger partial charge in [-0.1, -0.05) is 13.3 Å². The van der Waals surface area contributed by atoms with E-state index >= 15 is 0 Å². The van der Waals surface area contributed by atoms with Gasteiger partial charge in [-0.15, -0.1) is 0 Å². The summed E-state index contributed by atoms with van der Waals surface area (Å²) in [6, 6.07) is 4.29. The quantitative estimate of drug-likeness (QED) is 0.858. The topological polar surface area (TPSA) is 38.3 Å². The second kappa shape index (κ2) is 6.23. The number of hydrogen-bond acceptors (Lipinski definition) is 2. The Morgan fingerprint density at radius 1 is 1.53 bits per heavy atom. The first kappa shape index (κ1) is 13.5. The van der Waals surface area contributed by atoms with Gasteiger partial charge in [-0.2, -0.15) is 0 Å². The van der Waals surface area contributed by atoms with Crippen LogP contribution in [0, 0.1) is 5.82 Å². The van der Waals surface area contributed by atoms with E-state index in [1.165, 1.54) is 19.2 Å². The molecular weight excluding hydrogens is 221 g/mol. The number of methoxy groups -OCH3 is 1. The van der Waals surface area contributed by atoms with Gasteiger partial charge in [0.25, 0.3) is 5.91 Å². The average molecular weight is 239 g/mol. The third-order valence-corrected chi connectivity index (χ3v) is 2.51. The van der Waals surface area contributed by atoms with E-state index in [0.717, 1.165) is 12.8 Å².